The zero-order valence-corrected chi connectivity index (χ0v) is 18.8. The number of halogens is 1. The van der Waals surface area contributed by atoms with E-state index in [0.717, 1.165) is 11.8 Å². The van der Waals surface area contributed by atoms with E-state index in [4.69, 9.17) is 20.8 Å². The van der Waals surface area contributed by atoms with Gasteiger partial charge < -0.3 is 19.8 Å². The Morgan fingerprint density at radius 3 is 2.75 bits per heavy atom. The van der Waals surface area contributed by atoms with Crippen LogP contribution in [0.25, 0.3) is 0 Å². The number of nitriles is 1. The lowest BCUT2D eigenvalue weighted by Gasteiger charge is -2.27. The average molecular weight is 470 g/mol. The van der Waals surface area contributed by atoms with Crippen LogP contribution in [0.5, 0.6) is 0 Å². The zero-order valence-electron chi connectivity index (χ0n) is 17.2. The quantitative estimate of drug-likeness (QED) is 0.425. The highest BCUT2D eigenvalue weighted by molar-refractivity contribution is 8.03. The number of esters is 1. The maximum Gasteiger partial charge on any atom is 0.337 e. The summed E-state index contributed by atoms with van der Waals surface area (Å²) in [7, 11) is 0. The Balaban J connectivity index is 1.83. The number of carbonyl (C=O) groups is 2. The molecule has 2 heterocycles. The number of benzene rings is 1. The first-order valence-corrected chi connectivity index (χ1v) is 10.9. The largest absolute Gasteiger partial charge is 0.468 e. The monoisotopic (exact) mass is 469 g/mol. The van der Waals surface area contributed by atoms with Crippen molar-refractivity contribution < 1.29 is 18.7 Å². The van der Waals surface area contributed by atoms with E-state index in [9.17, 15) is 14.9 Å². The number of hydrogen-bond acceptors (Lipinski definition) is 7. The van der Waals surface area contributed by atoms with Gasteiger partial charge in [0.15, 0.2) is 0 Å². The summed E-state index contributed by atoms with van der Waals surface area (Å²) in [6.45, 7) is 5.30. The van der Waals surface area contributed by atoms with Crippen LogP contribution in [0, 0.1) is 11.3 Å². The molecule has 1 amide bonds. The van der Waals surface area contributed by atoms with Gasteiger partial charge in [0.2, 0.25) is 5.91 Å². The van der Waals surface area contributed by atoms with Crippen LogP contribution in [0.3, 0.4) is 0 Å². The number of nitrogens with zero attached hydrogens (tertiary/aromatic N) is 1. The molecule has 0 fully saturated rings. The minimum Gasteiger partial charge on any atom is -0.468 e. The molecule has 0 spiro atoms. The molecule has 7 nitrogen and oxygen atoms in total. The fourth-order valence-corrected chi connectivity index (χ4v) is 4.14. The van der Waals surface area contributed by atoms with Gasteiger partial charge in [0, 0.05) is 16.4 Å². The van der Waals surface area contributed by atoms with Crippen LogP contribution in [-0.2, 0) is 14.3 Å². The summed E-state index contributed by atoms with van der Waals surface area (Å²) in [5.74, 6) is -1.11. The van der Waals surface area contributed by atoms with Gasteiger partial charge in [-0.15, -0.1) is 0 Å². The molecule has 164 valence electrons. The van der Waals surface area contributed by atoms with E-state index in [1.807, 2.05) is 0 Å². The number of hydrogen-bond donors (Lipinski definition) is 2. The molecule has 0 saturated carbocycles. The molecule has 1 aromatic heterocycles. The van der Waals surface area contributed by atoms with E-state index >= 15 is 0 Å². The van der Waals surface area contributed by atoms with Crippen LogP contribution in [0.1, 0.15) is 18.6 Å². The fraction of sp³-hybridized carbons (Fsp3) is 0.174. The molecule has 9 heteroatoms. The summed E-state index contributed by atoms with van der Waals surface area (Å²) in [4.78, 5) is 25.1. The Morgan fingerprint density at radius 1 is 1.38 bits per heavy atom. The first kappa shape index (κ1) is 23.3. The number of thioether (sulfide) groups is 1. The third-order valence-corrected chi connectivity index (χ3v) is 5.77. The number of carbonyl (C=O) groups excluding carboxylic acids is 2. The van der Waals surface area contributed by atoms with Gasteiger partial charge in [0.25, 0.3) is 0 Å². The van der Waals surface area contributed by atoms with E-state index in [-0.39, 0.29) is 29.4 Å². The second-order valence-corrected chi connectivity index (χ2v) is 8.12. The lowest BCUT2D eigenvalue weighted by molar-refractivity contribution is -0.138. The number of nitrogens with one attached hydrogen (secondary N) is 2. The van der Waals surface area contributed by atoms with Crippen molar-refractivity contribution in [3.8, 4) is 6.07 Å². The average Bonchev–Trinajstić information content (AvgIpc) is 3.31. The highest BCUT2D eigenvalue weighted by Crippen LogP contribution is 2.41. The number of amides is 1. The topological polar surface area (TPSA) is 104 Å². The summed E-state index contributed by atoms with van der Waals surface area (Å²) >= 11 is 7.02. The Labute approximate surface area is 194 Å². The molecule has 2 aromatic rings. The maximum absolute atomic E-state index is 12.7. The third-order valence-electron chi connectivity index (χ3n) is 4.50. The normalized spacial score (nSPS) is 15.6. The van der Waals surface area contributed by atoms with Crippen LogP contribution in [0.2, 0.25) is 5.02 Å². The molecule has 2 N–H and O–H groups in total. The van der Waals surface area contributed by atoms with Crippen molar-refractivity contribution in [3.05, 3.63) is 88.0 Å². The van der Waals surface area contributed by atoms with Gasteiger partial charge in [-0.05, 0) is 43.3 Å². The van der Waals surface area contributed by atoms with Crippen molar-refractivity contribution in [3.63, 3.8) is 0 Å². The van der Waals surface area contributed by atoms with Crippen molar-refractivity contribution in [1.82, 2.24) is 5.32 Å². The Bertz CT molecular complexity index is 1120. The lowest BCUT2D eigenvalue weighted by Crippen LogP contribution is -2.29. The van der Waals surface area contributed by atoms with Gasteiger partial charge in [-0.1, -0.05) is 36.0 Å². The molecule has 0 radical (unpaired) electrons. The van der Waals surface area contributed by atoms with E-state index < -0.39 is 11.9 Å². The second-order valence-electron chi connectivity index (χ2n) is 6.70. The Kier molecular flexibility index (Phi) is 7.82. The van der Waals surface area contributed by atoms with Crippen molar-refractivity contribution in [2.24, 2.45) is 0 Å². The smallest absolute Gasteiger partial charge is 0.337 e. The van der Waals surface area contributed by atoms with E-state index in [0.29, 0.717) is 27.2 Å². The second kappa shape index (κ2) is 10.8. The van der Waals surface area contributed by atoms with Gasteiger partial charge in [-0.3, -0.25) is 4.79 Å². The van der Waals surface area contributed by atoms with Crippen molar-refractivity contribution in [1.29, 1.82) is 5.26 Å². The van der Waals surface area contributed by atoms with Crippen molar-refractivity contribution >= 4 is 40.9 Å². The van der Waals surface area contributed by atoms with E-state index in [1.54, 1.807) is 43.3 Å². The summed E-state index contributed by atoms with van der Waals surface area (Å²) in [6, 6.07) is 12.3. The van der Waals surface area contributed by atoms with Crippen LogP contribution in [-0.4, -0.2) is 24.2 Å². The molecular weight excluding hydrogens is 450 g/mol. The van der Waals surface area contributed by atoms with E-state index in [1.165, 1.54) is 12.3 Å². The number of rotatable bonds is 8. The SMILES string of the molecule is C=CCOC(=O)C1=C(C)NC(SCC(=O)Nc2ccc(Cl)cc2)=C(C#N)[C@H]1c1ccco1. The summed E-state index contributed by atoms with van der Waals surface area (Å²) in [5, 5.41) is 16.8. The first-order valence-electron chi connectivity index (χ1n) is 9.56. The van der Waals surface area contributed by atoms with Gasteiger partial charge >= 0.3 is 5.97 Å². The number of ether oxygens (including phenoxy) is 1. The molecule has 1 aliphatic heterocycles. The van der Waals surface area contributed by atoms with Gasteiger partial charge in [-0.2, -0.15) is 5.26 Å². The van der Waals surface area contributed by atoms with Gasteiger partial charge in [-0.25, -0.2) is 4.79 Å². The minimum atomic E-state index is -0.754. The van der Waals surface area contributed by atoms with Crippen molar-refractivity contribution in [2.75, 3.05) is 17.7 Å². The first-order chi connectivity index (χ1) is 15.4. The van der Waals surface area contributed by atoms with Gasteiger partial charge in [0.05, 0.1) is 40.2 Å². The summed E-state index contributed by atoms with van der Waals surface area (Å²) in [6.07, 6.45) is 2.94. The zero-order chi connectivity index (χ0) is 23.1. The molecule has 1 aliphatic rings. The predicted molar refractivity (Wildman–Crippen MR) is 124 cm³/mol. The highest BCUT2D eigenvalue weighted by atomic mass is 35.5. The maximum atomic E-state index is 12.7. The Hall–Kier alpha value is -3.41. The third kappa shape index (κ3) is 5.44. The van der Waals surface area contributed by atoms with Crippen LogP contribution < -0.4 is 10.6 Å². The highest BCUT2D eigenvalue weighted by Gasteiger charge is 2.37. The summed E-state index contributed by atoms with van der Waals surface area (Å²) < 4.78 is 10.7. The van der Waals surface area contributed by atoms with E-state index in [2.05, 4.69) is 23.3 Å². The molecule has 1 atom stereocenters. The number of dihydropyridines is 1. The molecule has 0 saturated heterocycles. The molecular formula is C23H20ClN3O4S. The fourth-order valence-electron chi connectivity index (χ4n) is 3.12. The molecule has 0 bridgehead atoms. The minimum absolute atomic E-state index is 0.0402. The predicted octanol–water partition coefficient (Wildman–Crippen LogP) is 4.73. The number of furan rings is 1. The molecule has 32 heavy (non-hydrogen) atoms. The van der Waals surface area contributed by atoms with Crippen molar-refractivity contribution in [2.45, 2.75) is 12.8 Å². The lowest BCUT2D eigenvalue weighted by atomic mass is 9.86. The molecule has 1 aromatic carbocycles. The van der Waals surface area contributed by atoms with Crippen LogP contribution >= 0.6 is 23.4 Å². The number of allylic oxidation sites excluding steroid dienone is 2. The molecule has 3 rings (SSSR count). The Morgan fingerprint density at radius 2 is 2.12 bits per heavy atom. The van der Waals surface area contributed by atoms with Crippen LogP contribution in [0.15, 0.2) is 81.6 Å². The molecule has 0 aliphatic carbocycles. The standard InChI is InChI=1S/C23H20ClN3O4S/c1-3-10-31-23(29)20-14(2)26-22(17(12-25)21(20)18-5-4-11-30-18)32-13-19(28)27-16-8-6-15(24)7-9-16/h3-9,11,21,26H,1,10,13H2,2H3,(H,27,28)/t21-/m0/s1. The van der Waals surface area contributed by atoms with Gasteiger partial charge in [0.1, 0.15) is 12.4 Å². The van der Waals surface area contributed by atoms with Crippen LogP contribution in [0.4, 0.5) is 5.69 Å². The number of anilines is 1. The molecule has 0 unspecified atom stereocenters. The summed E-state index contributed by atoms with van der Waals surface area (Å²) in [5.41, 5.74) is 1.66.